The Balaban J connectivity index is 2.68. The molecule has 1 aromatic carbocycles. The molecule has 0 unspecified atom stereocenters. The molecule has 0 atom stereocenters. The van der Waals surface area contributed by atoms with Gasteiger partial charge in [0.1, 0.15) is 0 Å². The van der Waals surface area contributed by atoms with Gasteiger partial charge in [-0.2, -0.15) is 0 Å². The van der Waals surface area contributed by atoms with Crippen molar-refractivity contribution in [2.45, 2.75) is 0 Å². The zero-order valence-electron chi connectivity index (χ0n) is 11.1. The Hall–Kier alpha value is -2.43. The lowest BCUT2D eigenvalue weighted by Gasteiger charge is -2.16. The lowest BCUT2D eigenvalue weighted by atomic mass is 10.0. The molecule has 0 spiro atoms. The predicted octanol–water partition coefficient (Wildman–Crippen LogP) is 2.36. The molecule has 1 aromatic heterocycles. The van der Waals surface area contributed by atoms with Crippen molar-refractivity contribution in [3.05, 3.63) is 30.6 Å². The molecular formula is C14H16N2O3. The van der Waals surface area contributed by atoms with Crippen LogP contribution < -0.4 is 19.9 Å². The van der Waals surface area contributed by atoms with Gasteiger partial charge in [0.2, 0.25) is 5.75 Å². The third-order valence-electron chi connectivity index (χ3n) is 2.85. The van der Waals surface area contributed by atoms with Crippen molar-refractivity contribution in [2.75, 3.05) is 27.1 Å². The number of methoxy groups -OCH3 is 3. The number of aromatic nitrogens is 1. The highest BCUT2D eigenvalue weighted by Crippen LogP contribution is 2.45. The first-order valence-electron chi connectivity index (χ1n) is 5.71. The third-order valence-corrected chi connectivity index (χ3v) is 2.85. The number of nitrogens with zero attached hydrogens (tertiary/aromatic N) is 1. The average Bonchev–Trinajstić information content (AvgIpc) is 2.46. The van der Waals surface area contributed by atoms with Crippen LogP contribution >= 0.6 is 0 Å². The van der Waals surface area contributed by atoms with Crippen LogP contribution in [0.3, 0.4) is 0 Å². The average molecular weight is 260 g/mol. The highest BCUT2D eigenvalue weighted by molar-refractivity contribution is 5.82. The second kappa shape index (κ2) is 5.48. The lowest BCUT2D eigenvalue weighted by molar-refractivity contribution is 0.325. The predicted molar refractivity (Wildman–Crippen MR) is 73.7 cm³/mol. The van der Waals surface area contributed by atoms with Crippen molar-refractivity contribution in [1.82, 2.24) is 4.98 Å². The largest absolute Gasteiger partial charge is 0.493 e. The minimum atomic E-state index is 0.533. The molecule has 2 rings (SSSR count). The van der Waals surface area contributed by atoms with Crippen LogP contribution in [0.1, 0.15) is 0 Å². The van der Waals surface area contributed by atoms with Crippen LogP contribution in [0.2, 0.25) is 0 Å². The summed E-state index contributed by atoms with van der Waals surface area (Å²) in [6.45, 7) is 0. The summed E-state index contributed by atoms with van der Waals surface area (Å²) >= 11 is 0. The van der Waals surface area contributed by atoms with E-state index in [9.17, 15) is 0 Å². The number of nitrogens with two attached hydrogens (primary N) is 1. The van der Waals surface area contributed by atoms with Gasteiger partial charge in [0.05, 0.1) is 21.3 Å². The number of hydrogen-bond acceptors (Lipinski definition) is 5. The monoisotopic (exact) mass is 260 g/mol. The normalized spacial score (nSPS) is 10.1. The van der Waals surface area contributed by atoms with E-state index in [4.69, 9.17) is 19.9 Å². The molecule has 0 fully saturated rings. The SMILES string of the molecule is COc1ccc(-c2cnccc2N)c(OC)c1OC. The topological polar surface area (TPSA) is 66.6 Å². The molecule has 0 aliphatic rings. The van der Waals surface area contributed by atoms with Gasteiger partial charge >= 0.3 is 0 Å². The zero-order chi connectivity index (χ0) is 13.8. The molecule has 0 radical (unpaired) electrons. The minimum absolute atomic E-state index is 0.533. The molecule has 0 bridgehead atoms. The van der Waals surface area contributed by atoms with Gasteiger partial charge in [-0.25, -0.2) is 0 Å². The second-order valence-corrected chi connectivity index (χ2v) is 3.84. The summed E-state index contributed by atoms with van der Waals surface area (Å²) in [5, 5.41) is 0. The van der Waals surface area contributed by atoms with Crippen LogP contribution in [0.4, 0.5) is 5.69 Å². The summed E-state index contributed by atoms with van der Waals surface area (Å²) in [7, 11) is 4.72. The van der Waals surface area contributed by atoms with Gasteiger partial charge in [0, 0.05) is 29.2 Å². The van der Waals surface area contributed by atoms with Crippen molar-refractivity contribution in [2.24, 2.45) is 0 Å². The van der Waals surface area contributed by atoms with E-state index < -0.39 is 0 Å². The Morgan fingerprint density at radius 3 is 2.21 bits per heavy atom. The Morgan fingerprint density at radius 2 is 1.63 bits per heavy atom. The van der Waals surface area contributed by atoms with E-state index in [1.165, 1.54) is 0 Å². The number of ether oxygens (including phenoxy) is 3. The molecule has 1 heterocycles. The number of anilines is 1. The third kappa shape index (κ3) is 2.27. The first-order chi connectivity index (χ1) is 9.22. The fourth-order valence-electron chi connectivity index (χ4n) is 1.94. The number of nitrogen functional groups attached to an aromatic ring is 1. The molecular weight excluding hydrogens is 244 g/mol. The maximum atomic E-state index is 5.97. The van der Waals surface area contributed by atoms with E-state index in [-0.39, 0.29) is 0 Å². The van der Waals surface area contributed by atoms with Gasteiger partial charge < -0.3 is 19.9 Å². The first kappa shape index (κ1) is 13.0. The van der Waals surface area contributed by atoms with Crippen molar-refractivity contribution in [3.63, 3.8) is 0 Å². The van der Waals surface area contributed by atoms with Crippen LogP contribution in [0.15, 0.2) is 30.6 Å². The van der Waals surface area contributed by atoms with E-state index in [0.29, 0.717) is 22.9 Å². The van der Waals surface area contributed by atoms with Gasteiger partial charge in [-0.05, 0) is 18.2 Å². The number of pyridine rings is 1. The van der Waals surface area contributed by atoms with Gasteiger partial charge in [-0.1, -0.05) is 0 Å². The second-order valence-electron chi connectivity index (χ2n) is 3.84. The van der Waals surface area contributed by atoms with E-state index in [1.54, 1.807) is 39.8 Å². The molecule has 0 saturated heterocycles. The van der Waals surface area contributed by atoms with Crippen molar-refractivity contribution >= 4 is 5.69 Å². The highest BCUT2D eigenvalue weighted by Gasteiger charge is 2.18. The van der Waals surface area contributed by atoms with Gasteiger partial charge in [-0.3, -0.25) is 4.98 Å². The number of benzene rings is 1. The summed E-state index contributed by atoms with van der Waals surface area (Å²) in [6, 6.07) is 5.42. The summed E-state index contributed by atoms with van der Waals surface area (Å²) in [4.78, 5) is 4.09. The number of rotatable bonds is 4. The Bertz CT molecular complexity index is 585. The minimum Gasteiger partial charge on any atom is -0.493 e. The molecule has 5 nitrogen and oxygen atoms in total. The van der Waals surface area contributed by atoms with Crippen LogP contribution in [0.5, 0.6) is 17.2 Å². The van der Waals surface area contributed by atoms with Gasteiger partial charge in [0.25, 0.3) is 0 Å². The molecule has 0 saturated carbocycles. The van der Waals surface area contributed by atoms with Crippen molar-refractivity contribution < 1.29 is 14.2 Å². The van der Waals surface area contributed by atoms with Crippen molar-refractivity contribution in [3.8, 4) is 28.4 Å². The van der Waals surface area contributed by atoms with Crippen LogP contribution in [-0.2, 0) is 0 Å². The lowest BCUT2D eigenvalue weighted by Crippen LogP contribution is -1.98. The fourth-order valence-corrected chi connectivity index (χ4v) is 1.94. The van der Waals surface area contributed by atoms with Gasteiger partial charge in [0.15, 0.2) is 11.5 Å². The molecule has 0 aliphatic carbocycles. The number of hydrogen-bond donors (Lipinski definition) is 1. The standard InChI is InChI=1S/C14H16N2O3/c1-17-12-5-4-9(13(18-2)14(12)19-3)10-8-16-7-6-11(10)15/h4-8H,1-3H3,(H2,15,16). The maximum Gasteiger partial charge on any atom is 0.203 e. The smallest absolute Gasteiger partial charge is 0.203 e. The molecule has 0 aliphatic heterocycles. The van der Waals surface area contributed by atoms with Crippen LogP contribution in [-0.4, -0.2) is 26.3 Å². The molecule has 100 valence electrons. The molecule has 2 N–H and O–H groups in total. The van der Waals surface area contributed by atoms with E-state index in [2.05, 4.69) is 4.98 Å². The van der Waals surface area contributed by atoms with Crippen molar-refractivity contribution in [1.29, 1.82) is 0 Å². The van der Waals surface area contributed by atoms with Crippen LogP contribution in [0, 0.1) is 0 Å². The molecule has 2 aromatic rings. The highest BCUT2D eigenvalue weighted by atomic mass is 16.5. The van der Waals surface area contributed by atoms with Crippen LogP contribution in [0.25, 0.3) is 11.1 Å². The summed E-state index contributed by atoms with van der Waals surface area (Å²) in [5.74, 6) is 1.71. The quantitative estimate of drug-likeness (QED) is 0.914. The summed E-state index contributed by atoms with van der Waals surface area (Å²) < 4.78 is 16.0. The van der Waals surface area contributed by atoms with Gasteiger partial charge in [-0.15, -0.1) is 0 Å². The molecule has 19 heavy (non-hydrogen) atoms. The van der Waals surface area contributed by atoms with E-state index >= 15 is 0 Å². The molecule has 5 heteroatoms. The maximum absolute atomic E-state index is 5.97. The van der Waals surface area contributed by atoms with E-state index in [1.807, 2.05) is 12.1 Å². The fraction of sp³-hybridized carbons (Fsp3) is 0.214. The Kier molecular flexibility index (Phi) is 3.75. The van der Waals surface area contributed by atoms with E-state index in [0.717, 1.165) is 11.1 Å². The summed E-state index contributed by atoms with van der Waals surface area (Å²) in [5.41, 5.74) is 8.20. The Labute approximate surface area is 111 Å². The summed E-state index contributed by atoms with van der Waals surface area (Å²) in [6.07, 6.45) is 3.34. The molecule has 0 amide bonds. The first-order valence-corrected chi connectivity index (χ1v) is 5.71. The Morgan fingerprint density at radius 1 is 0.895 bits per heavy atom. The zero-order valence-corrected chi connectivity index (χ0v) is 11.1.